The SMILES string of the molecule is N#C/C(=C1\NC(C=O)=CS1)c1ccnc(Cl)n1. The number of hydrogen-bond acceptors (Lipinski definition) is 6. The summed E-state index contributed by atoms with van der Waals surface area (Å²) in [7, 11) is 0. The number of carbonyl (C=O) groups excluding carboxylic acids is 1. The van der Waals surface area contributed by atoms with Crippen molar-refractivity contribution in [1.29, 1.82) is 5.26 Å². The molecule has 0 amide bonds. The molecule has 0 saturated carbocycles. The van der Waals surface area contributed by atoms with Crippen molar-refractivity contribution in [2.45, 2.75) is 0 Å². The smallest absolute Gasteiger partial charge is 0.222 e. The molecule has 2 heterocycles. The lowest BCUT2D eigenvalue weighted by molar-refractivity contribution is -0.105. The quantitative estimate of drug-likeness (QED) is 0.498. The topological polar surface area (TPSA) is 78.7 Å². The van der Waals surface area contributed by atoms with Crippen LogP contribution in [0.15, 0.2) is 28.4 Å². The van der Waals surface area contributed by atoms with E-state index in [4.69, 9.17) is 16.9 Å². The zero-order valence-corrected chi connectivity index (χ0v) is 9.92. The minimum atomic E-state index is 0.0717. The van der Waals surface area contributed by atoms with Crippen molar-refractivity contribution >= 4 is 35.2 Å². The summed E-state index contributed by atoms with van der Waals surface area (Å²) < 4.78 is 0. The summed E-state index contributed by atoms with van der Waals surface area (Å²) in [5, 5.41) is 14.2. The van der Waals surface area contributed by atoms with Gasteiger partial charge in [-0.1, -0.05) is 11.8 Å². The number of rotatable bonds is 2. The summed E-state index contributed by atoms with van der Waals surface area (Å²) in [4.78, 5) is 18.2. The van der Waals surface area contributed by atoms with Crippen molar-refractivity contribution in [2.24, 2.45) is 0 Å². The van der Waals surface area contributed by atoms with Crippen molar-refractivity contribution in [3.63, 3.8) is 0 Å². The van der Waals surface area contributed by atoms with E-state index in [2.05, 4.69) is 15.3 Å². The lowest BCUT2D eigenvalue weighted by atomic mass is 10.2. The summed E-state index contributed by atoms with van der Waals surface area (Å²) in [6, 6.07) is 3.61. The number of halogens is 1. The average molecular weight is 265 g/mol. The predicted octanol–water partition coefficient (Wildman–Crippen LogP) is 1.70. The number of hydrogen-bond donors (Lipinski definition) is 1. The molecule has 1 N–H and O–H groups in total. The highest BCUT2D eigenvalue weighted by molar-refractivity contribution is 8.06. The lowest BCUT2D eigenvalue weighted by Gasteiger charge is -2.03. The van der Waals surface area contributed by atoms with Crippen LogP contribution < -0.4 is 5.32 Å². The minimum Gasteiger partial charge on any atom is -0.346 e. The van der Waals surface area contributed by atoms with Crippen LogP contribution in [0.1, 0.15) is 5.69 Å². The lowest BCUT2D eigenvalue weighted by Crippen LogP contribution is -2.08. The van der Waals surface area contributed by atoms with E-state index >= 15 is 0 Å². The maximum absolute atomic E-state index is 10.6. The number of nitrogens with one attached hydrogen (secondary N) is 1. The van der Waals surface area contributed by atoms with Crippen molar-refractivity contribution in [3.8, 4) is 6.07 Å². The van der Waals surface area contributed by atoms with Gasteiger partial charge in [0.2, 0.25) is 5.28 Å². The first-order valence-corrected chi connectivity index (χ1v) is 5.72. The van der Waals surface area contributed by atoms with Crippen LogP contribution in [-0.2, 0) is 4.79 Å². The second kappa shape index (κ2) is 4.99. The van der Waals surface area contributed by atoms with Crippen LogP contribution in [0.2, 0.25) is 5.28 Å². The van der Waals surface area contributed by atoms with Gasteiger partial charge in [-0.15, -0.1) is 0 Å². The van der Waals surface area contributed by atoms with Gasteiger partial charge in [0.1, 0.15) is 11.6 Å². The van der Waals surface area contributed by atoms with E-state index in [9.17, 15) is 4.79 Å². The Labute approximate surface area is 106 Å². The molecule has 1 aromatic rings. The highest BCUT2D eigenvalue weighted by Gasteiger charge is 2.16. The van der Waals surface area contributed by atoms with Gasteiger partial charge in [-0.3, -0.25) is 4.79 Å². The summed E-state index contributed by atoms with van der Waals surface area (Å²) >= 11 is 6.92. The van der Waals surface area contributed by atoms with Crippen LogP contribution in [0.3, 0.4) is 0 Å². The summed E-state index contributed by atoms with van der Waals surface area (Å²) in [6.45, 7) is 0. The normalized spacial score (nSPS) is 16.8. The maximum atomic E-state index is 10.6. The molecule has 0 bridgehead atoms. The van der Waals surface area contributed by atoms with Crippen molar-refractivity contribution < 1.29 is 4.79 Å². The van der Waals surface area contributed by atoms with E-state index < -0.39 is 0 Å². The minimum absolute atomic E-state index is 0.0717. The molecule has 2 rings (SSSR count). The van der Waals surface area contributed by atoms with Crippen molar-refractivity contribution in [3.05, 3.63) is 39.4 Å². The summed E-state index contributed by atoms with van der Waals surface area (Å²) in [6.07, 6.45) is 2.15. The van der Waals surface area contributed by atoms with Gasteiger partial charge in [0.05, 0.1) is 16.4 Å². The van der Waals surface area contributed by atoms with E-state index in [1.807, 2.05) is 6.07 Å². The highest BCUT2D eigenvalue weighted by atomic mass is 35.5. The maximum Gasteiger partial charge on any atom is 0.222 e. The van der Waals surface area contributed by atoms with Gasteiger partial charge >= 0.3 is 0 Å². The largest absolute Gasteiger partial charge is 0.346 e. The van der Waals surface area contributed by atoms with Crippen LogP contribution in [0.25, 0.3) is 5.57 Å². The van der Waals surface area contributed by atoms with Crippen LogP contribution in [0.4, 0.5) is 0 Å². The monoisotopic (exact) mass is 264 g/mol. The van der Waals surface area contributed by atoms with Gasteiger partial charge in [-0.25, -0.2) is 9.97 Å². The first kappa shape index (κ1) is 11.6. The van der Waals surface area contributed by atoms with Gasteiger partial charge in [0, 0.05) is 11.6 Å². The molecule has 5 nitrogen and oxygen atoms in total. The third kappa shape index (κ3) is 2.46. The molecule has 0 radical (unpaired) electrons. The molecule has 0 spiro atoms. The predicted molar refractivity (Wildman–Crippen MR) is 64.4 cm³/mol. The summed E-state index contributed by atoms with van der Waals surface area (Å²) in [5.41, 5.74) is 1.16. The Kier molecular flexibility index (Phi) is 3.42. The molecule has 0 saturated heterocycles. The van der Waals surface area contributed by atoms with Crippen LogP contribution >= 0.6 is 23.4 Å². The molecule has 17 heavy (non-hydrogen) atoms. The third-order valence-electron chi connectivity index (χ3n) is 1.91. The fourth-order valence-electron chi connectivity index (χ4n) is 1.19. The van der Waals surface area contributed by atoms with E-state index in [0.29, 0.717) is 28.3 Å². The number of carbonyl (C=O) groups is 1. The molecule has 1 aromatic heterocycles. The fourth-order valence-corrected chi connectivity index (χ4v) is 2.14. The second-order valence-corrected chi connectivity index (χ2v) is 4.18. The summed E-state index contributed by atoms with van der Waals surface area (Å²) in [5.74, 6) is 0. The number of thioether (sulfide) groups is 1. The number of nitrogens with zero attached hydrogens (tertiary/aromatic N) is 3. The Balaban J connectivity index is 2.39. The number of aromatic nitrogens is 2. The van der Waals surface area contributed by atoms with E-state index in [1.54, 1.807) is 11.5 Å². The molecule has 0 fully saturated rings. The van der Waals surface area contributed by atoms with Crippen molar-refractivity contribution in [2.75, 3.05) is 0 Å². The second-order valence-electron chi connectivity index (χ2n) is 2.96. The molecule has 0 aromatic carbocycles. The van der Waals surface area contributed by atoms with Gasteiger partial charge < -0.3 is 5.32 Å². The first-order valence-electron chi connectivity index (χ1n) is 4.47. The van der Waals surface area contributed by atoms with Gasteiger partial charge in [-0.05, 0) is 17.7 Å². The molecule has 0 unspecified atom stereocenters. The van der Waals surface area contributed by atoms with Crippen LogP contribution in [-0.4, -0.2) is 16.3 Å². The molecule has 7 heteroatoms. The standard InChI is InChI=1S/C10H5ClN4OS/c11-10-13-2-1-8(15-10)7(3-12)9-14-6(4-16)5-17-9/h1-2,4-5,14H/b9-7-. The van der Waals surface area contributed by atoms with E-state index in [-0.39, 0.29) is 5.28 Å². The third-order valence-corrected chi connectivity index (χ3v) is 3.01. The highest BCUT2D eigenvalue weighted by Crippen LogP contribution is 2.30. The first-order chi connectivity index (χ1) is 8.24. The fraction of sp³-hybridized carbons (Fsp3) is 0. The Morgan fingerprint density at radius 3 is 3.06 bits per heavy atom. The average Bonchev–Trinajstić information content (AvgIpc) is 2.79. The molecular weight excluding hydrogens is 260 g/mol. The Morgan fingerprint density at radius 2 is 2.47 bits per heavy atom. The van der Waals surface area contributed by atoms with Gasteiger partial charge in [0.15, 0.2) is 6.29 Å². The van der Waals surface area contributed by atoms with Crippen LogP contribution in [0, 0.1) is 11.3 Å². The van der Waals surface area contributed by atoms with Crippen molar-refractivity contribution in [1.82, 2.24) is 15.3 Å². The molecular formula is C10H5ClN4OS. The molecule has 84 valence electrons. The number of allylic oxidation sites excluding steroid dienone is 2. The Morgan fingerprint density at radius 1 is 1.65 bits per heavy atom. The van der Waals surface area contributed by atoms with Gasteiger partial charge in [-0.2, -0.15) is 5.26 Å². The molecule has 1 aliphatic rings. The van der Waals surface area contributed by atoms with Crippen LogP contribution in [0.5, 0.6) is 0 Å². The molecule has 1 aliphatic heterocycles. The van der Waals surface area contributed by atoms with E-state index in [1.165, 1.54) is 18.0 Å². The van der Waals surface area contributed by atoms with Gasteiger partial charge in [0.25, 0.3) is 0 Å². The zero-order valence-electron chi connectivity index (χ0n) is 8.35. The Bertz CT molecular complexity index is 576. The zero-order chi connectivity index (χ0) is 12.3. The van der Waals surface area contributed by atoms with E-state index in [0.717, 1.165) is 0 Å². The molecule has 0 aliphatic carbocycles. The number of nitriles is 1. The Hall–Kier alpha value is -1.84. The number of aldehydes is 1. The molecule has 0 atom stereocenters.